The Hall–Kier alpha value is -0.670. The summed E-state index contributed by atoms with van der Waals surface area (Å²) in [6, 6.07) is 0. The van der Waals surface area contributed by atoms with Gasteiger partial charge in [-0.25, -0.2) is 0 Å². The molecule has 1 rings (SSSR count). The van der Waals surface area contributed by atoms with Crippen molar-refractivity contribution in [2.45, 2.75) is 25.9 Å². The van der Waals surface area contributed by atoms with Crippen molar-refractivity contribution in [3.63, 3.8) is 0 Å². The summed E-state index contributed by atoms with van der Waals surface area (Å²) in [5.74, 6) is 0.0986. The lowest BCUT2D eigenvalue weighted by Crippen LogP contribution is -2.60. The molecule has 3 heteroatoms. The molecule has 1 aliphatic rings. The maximum absolute atomic E-state index is 11.0. The zero-order valence-electron chi connectivity index (χ0n) is 6.92. The first-order valence-electron chi connectivity index (χ1n) is 3.65. The van der Waals surface area contributed by atoms with Gasteiger partial charge in [-0.05, 0) is 12.2 Å². The van der Waals surface area contributed by atoms with Gasteiger partial charge in [-0.2, -0.15) is 0 Å². The molecule has 0 atom stereocenters. The van der Waals surface area contributed by atoms with Gasteiger partial charge < -0.3 is 11.5 Å². The van der Waals surface area contributed by atoms with Crippen LogP contribution in [0.25, 0.3) is 0 Å². The van der Waals surface area contributed by atoms with Gasteiger partial charge in [0, 0.05) is 11.8 Å². The van der Waals surface area contributed by atoms with Crippen LogP contribution in [0.15, 0.2) is 12.2 Å². The molecule has 0 bridgehead atoms. The molecule has 62 valence electrons. The fraction of sp³-hybridized carbons (Fsp3) is 0.625. The van der Waals surface area contributed by atoms with E-state index in [1.54, 1.807) is 6.08 Å². The molecule has 0 unspecified atom stereocenters. The van der Waals surface area contributed by atoms with Crippen LogP contribution in [0.4, 0.5) is 0 Å². The molecular weight excluding hydrogens is 140 g/mol. The fourth-order valence-electron chi connectivity index (χ4n) is 1.10. The first-order chi connectivity index (χ1) is 4.85. The first kappa shape index (κ1) is 8.43. The van der Waals surface area contributed by atoms with Gasteiger partial charge in [0.2, 0.25) is 0 Å². The summed E-state index contributed by atoms with van der Waals surface area (Å²) in [6.07, 6.45) is 3.47. The van der Waals surface area contributed by atoms with Crippen molar-refractivity contribution in [3.8, 4) is 0 Å². The van der Waals surface area contributed by atoms with E-state index in [4.69, 9.17) is 11.5 Å². The quantitative estimate of drug-likeness (QED) is 0.488. The lowest BCUT2D eigenvalue weighted by Gasteiger charge is -2.40. The van der Waals surface area contributed by atoms with Crippen molar-refractivity contribution < 1.29 is 4.79 Å². The Kier molecular flexibility index (Phi) is 1.65. The van der Waals surface area contributed by atoms with Gasteiger partial charge in [-0.1, -0.05) is 13.8 Å². The molecule has 0 saturated heterocycles. The van der Waals surface area contributed by atoms with Gasteiger partial charge in [0.25, 0.3) is 0 Å². The van der Waals surface area contributed by atoms with Crippen LogP contribution >= 0.6 is 0 Å². The molecule has 0 aromatic heterocycles. The van der Waals surface area contributed by atoms with Crippen molar-refractivity contribution in [2.24, 2.45) is 16.9 Å². The summed E-state index contributed by atoms with van der Waals surface area (Å²) in [5, 5.41) is 0. The van der Waals surface area contributed by atoms with Gasteiger partial charge in [-0.15, -0.1) is 0 Å². The van der Waals surface area contributed by atoms with Crippen LogP contribution in [-0.2, 0) is 4.79 Å². The average molecular weight is 154 g/mol. The monoisotopic (exact) mass is 154 g/mol. The van der Waals surface area contributed by atoms with Gasteiger partial charge in [0.15, 0.2) is 5.78 Å². The zero-order valence-corrected chi connectivity index (χ0v) is 6.92. The summed E-state index contributed by atoms with van der Waals surface area (Å²) in [4.78, 5) is 11.0. The Bertz CT molecular complexity index is 216. The third-order valence-electron chi connectivity index (χ3n) is 2.33. The molecule has 0 aromatic carbocycles. The van der Waals surface area contributed by atoms with E-state index < -0.39 is 5.66 Å². The number of nitrogens with two attached hydrogens (primary N) is 2. The van der Waals surface area contributed by atoms with Crippen LogP contribution < -0.4 is 11.5 Å². The predicted molar refractivity (Wildman–Crippen MR) is 43.7 cm³/mol. The third kappa shape index (κ3) is 1.34. The lowest BCUT2D eigenvalue weighted by atomic mass is 9.72. The van der Waals surface area contributed by atoms with E-state index in [0.717, 1.165) is 0 Å². The predicted octanol–water partition coefficient (Wildman–Crippen LogP) is 0.155. The highest BCUT2D eigenvalue weighted by Gasteiger charge is 2.40. The second kappa shape index (κ2) is 2.16. The maximum Gasteiger partial charge on any atom is 0.156 e. The first-order valence-corrected chi connectivity index (χ1v) is 3.65. The van der Waals surface area contributed by atoms with E-state index in [1.807, 2.05) is 13.8 Å². The van der Waals surface area contributed by atoms with Crippen LogP contribution in [0.3, 0.4) is 0 Å². The minimum absolute atomic E-state index is 0.0986. The van der Waals surface area contributed by atoms with E-state index in [-0.39, 0.29) is 11.2 Å². The van der Waals surface area contributed by atoms with Crippen LogP contribution in [-0.4, -0.2) is 11.4 Å². The van der Waals surface area contributed by atoms with Crippen molar-refractivity contribution in [2.75, 3.05) is 0 Å². The molecule has 0 spiro atoms. The average Bonchev–Trinajstić information content (AvgIpc) is 1.80. The molecule has 4 N–H and O–H groups in total. The highest BCUT2D eigenvalue weighted by molar-refractivity contribution is 5.91. The van der Waals surface area contributed by atoms with Crippen molar-refractivity contribution in [1.82, 2.24) is 0 Å². The van der Waals surface area contributed by atoms with E-state index in [0.29, 0.717) is 6.42 Å². The Labute approximate surface area is 66.4 Å². The zero-order chi connectivity index (χ0) is 8.70. The van der Waals surface area contributed by atoms with Crippen LogP contribution in [0.1, 0.15) is 20.3 Å². The lowest BCUT2D eigenvalue weighted by molar-refractivity contribution is -0.117. The van der Waals surface area contributed by atoms with E-state index >= 15 is 0 Å². The van der Waals surface area contributed by atoms with E-state index in [9.17, 15) is 4.79 Å². The molecule has 11 heavy (non-hydrogen) atoms. The number of rotatable bonds is 0. The summed E-state index contributed by atoms with van der Waals surface area (Å²) in [6.45, 7) is 3.79. The summed E-state index contributed by atoms with van der Waals surface area (Å²) < 4.78 is 0. The largest absolute Gasteiger partial charge is 0.310 e. The number of hydrogen-bond acceptors (Lipinski definition) is 3. The van der Waals surface area contributed by atoms with Gasteiger partial charge in [0.1, 0.15) is 0 Å². The molecule has 0 heterocycles. The van der Waals surface area contributed by atoms with Gasteiger partial charge in [0.05, 0.1) is 5.66 Å². The van der Waals surface area contributed by atoms with Crippen LogP contribution in [0.5, 0.6) is 0 Å². The normalized spacial score (nSPS) is 27.1. The number of carbonyl (C=O) groups excluding carboxylic acids is 1. The fourth-order valence-corrected chi connectivity index (χ4v) is 1.10. The molecule has 0 amide bonds. The molecular formula is C8H14N2O. The summed E-state index contributed by atoms with van der Waals surface area (Å²) in [5.41, 5.74) is 10.3. The standard InChI is InChI=1S/C8H14N2O/c1-7(2)5-6(11)3-4-8(7,9)10/h3-4H,5,9-10H2,1-2H3. The highest BCUT2D eigenvalue weighted by Crippen LogP contribution is 2.33. The Morgan fingerprint density at radius 2 is 2.00 bits per heavy atom. The molecule has 3 nitrogen and oxygen atoms in total. The molecule has 0 radical (unpaired) electrons. The SMILES string of the molecule is CC1(C)CC(=O)C=CC1(N)N. The second-order valence-corrected chi connectivity index (χ2v) is 3.79. The Morgan fingerprint density at radius 3 is 2.36 bits per heavy atom. The van der Waals surface area contributed by atoms with Gasteiger partial charge in [-0.3, -0.25) is 4.79 Å². The highest BCUT2D eigenvalue weighted by atomic mass is 16.1. The molecule has 1 aliphatic carbocycles. The minimum Gasteiger partial charge on any atom is -0.310 e. The van der Waals surface area contributed by atoms with Crippen molar-refractivity contribution in [3.05, 3.63) is 12.2 Å². The van der Waals surface area contributed by atoms with E-state index in [2.05, 4.69) is 0 Å². The van der Waals surface area contributed by atoms with Crippen LogP contribution in [0.2, 0.25) is 0 Å². The summed E-state index contributed by atoms with van der Waals surface area (Å²) in [7, 11) is 0. The molecule has 0 aromatic rings. The molecule has 0 fully saturated rings. The third-order valence-corrected chi connectivity index (χ3v) is 2.33. The number of allylic oxidation sites excluding steroid dienone is 1. The topological polar surface area (TPSA) is 69.1 Å². The van der Waals surface area contributed by atoms with Gasteiger partial charge >= 0.3 is 0 Å². The maximum atomic E-state index is 11.0. The van der Waals surface area contributed by atoms with E-state index in [1.165, 1.54) is 6.08 Å². The Balaban J connectivity index is 3.00. The molecule has 0 saturated carbocycles. The Morgan fingerprint density at radius 1 is 1.45 bits per heavy atom. The smallest absolute Gasteiger partial charge is 0.156 e. The minimum atomic E-state index is -0.846. The number of hydrogen-bond donors (Lipinski definition) is 2. The number of carbonyl (C=O) groups is 1. The molecule has 0 aliphatic heterocycles. The van der Waals surface area contributed by atoms with Crippen molar-refractivity contribution in [1.29, 1.82) is 0 Å². The number of ketones is 1. The second-order valence-electron chi connectivity index (χ2n) is 3.79. The summed E-state index contributed by atoms with van der Waals surface area (Å²) >= 11 is 0. The van der Waals surface area contributed by atoms with Crippen LogP contribution in [0, 0.1) is 5.41 Å². The van der Waals surface area contributed by atoms with Crippen molar-refractivity contribution >= 4 is 5.78 Å².